The molecule has 50 valence electrons. The molecule has 0 aliphatic rings. The highest BCUT2D eigenvalue weighted by Gasteiger charge is 1.89. The third-order valence-corrected chi connectivity index (χ3v) is 0.634. The van der Waals surface area contributed by atoms with E-state index in [1.165, 1.54) is 7.11 Å². The second kappa shape index (κ2) is 5.03. The van der Waals surface area contributed by atoms with Gasteiger partial charge in [-0.1, -0.05) is 13.8 Å². The molecule has 0 spiro atoms. The molecular weight excluding hydrogens is 106 g/mol. The molecule has 0 atom stereocenters. The molecule has 0 radical (unpaired) electrons. The number of hydrogen-bond donors (Lipinski definition) is 1. The molecule has 0 rings (SSSR count). The largest absolute Gasteiger partial charge is 0.221 e. The second-order valence-corrected chi connectivity index (χ2v) is 1.99. The molecule has 0 aliphatic carbocycles. The zero-order valence-electron chi connectivity index (χ0n) is 5.60. The Balaban J connectivity index is 2.72. The van der Waals surface area contributed by atoms with Gasteiger partial charge in [0.1, 0.15) is 0 Å². The van der Waals surface area contributed by atoms with Crippen molar-refractivity contribution in [2.75, 3.05) is 13.7 Å². The van der Waals surface area contributed by atoms with Gasteiger partial charge in [-0.25, -0.2) is 4.89 Å². The standard InChI is InChI=1S/C5H13NO2/c1-5(2)4-6-8-7-3/h5-6H,4H2,1-3H3. The minimum absolute atomic E-state index is 0.588. The first-order valence-corrected chi connectivity index (χ1v) is 2.70. The Labute approximate surface area is 49.9 Å². The highest BCUT2D eigenvalue weighted by atomic mass is 17.3. The van der Waals surface area contributed by atoms with Gasteiger partial charge >= 0.3 is 0 Å². The van der Waals surface area contributed by atoms with Crippen LogP contribution in [-0.4, -0.2) is 13.7 Å². The molecule has 1 N–H and O–H groups in total. The quantitative estimate of drug-likeness (QED) is 0.336. The summed E-state index contributed by atoms with van der Waals surface area (Å²) >= 11 is 0. The summed E-state index contributed by atoms with van der Waals surface area (Å²) < 4.78 is 0. The lowest BCUT2D eigenvalue weighted by atomic mass is 10.2. The minimum atomic E-state index is 0.588. The third-order valence-electron chi connectivity index (χ3n) is 0.634. The van der Waals surface area contributed by atoms with E-state index in [4.69, 9.17) is 0 Å². The molecule has 0 saturated heterocycles. The second-order valence-electron chi connectivity index (χ2n) is 1.99. The molecule has 0 bridgehead atoms. The van der Waals surface area contributed by atoms with Gasteiger partial charge in [0.25, 0.3) is 0 Å². The van der Waals surface area contributed by atoms with Crippen molar-refractivity contribution in [1.82, 2.24) is 5.48 Å². The van der Waals surface area contributed by atoms with Crippen LogP contribution in [0.5, 0.6) is 0 Å². The van der Waals surface area contributed by atoms with Gasteiger partial charge in [-0.3, -0.25) is 0 Å². The highest BCUT2D eigenvalue weighted by Crippen LogP contribution is 1.85. The average Bonchev–Trinajstić information content (AvgIpc) is 1.66. The van der Waals surface area contributed by atoms with E-state index in [2.05, 4.69) is 29.2 Å². The predicted molar refractivity (Wildman–Crippen MR) is 30.9 cm³/mol. The van der Waals surface area contributed by atoms with Crippen LogP contribution in [0.25, 0.3) is 0 Å². The van der Waals surface area contributed by atoms with Gasteiger partial charge in [-0.05, 0) is 5.92 Å². The van der Waals surface area contributed by atoms with Crippen molar-refractivity contribution in [2.24, 2.45) is 5.92 Å². The first-order valence-electron chi connectivity index (χ1n) is 2.70. The molecule has 0 aromatic heterocycles. The van der Waals surface area contributed by atoms with Crippen LogP contribution in [0.3, 0.4) is 0 Å². The van der Waals surface area contributed by atoms with Gasteiger partial charge in [0.2, 0.25) is 0 Å². The van der Waals surface area contributed by atoms with E-state index in [-0.39, 0.29) is 0 Å². The number of rotatable bonds is 4. The van der Waals surface area contributed by atoms with Gasteiger partial charge in [-0.15, -0.1) is 4.99 Å². The zero-order chi connectivity index (χ0) is 6.41. The maximum Gasteiger partial charge on any atom is 0.0732 e. The summed E-state index contributed by atoms with van der Waals surface area (Å²) in [6, 6.07) is 0. The molecule has 0 fully saturated rings. The smallest absolute Gasteiger partial charge is 0.0732 e. The summed E-state index contributed by atoms with van der Waals surface area (Å²) in [5.41, 5.74) is 2.61. The van der Waals surface area contributed by atoms with E-state index in [1.54, 1.807) is 0 Å². The van der Waals surface area contributed by atoms with E-state index >= 15 is 0 Å². The molecule has 0 heterocycles. The maximum atomic E-state index is 4.39. The first-order chi connectivity index (χ1) is 3.77. The Morgan fingerprint density at radius 3 is 2.50 bits per heavy atom. The van der Waals surface area contributed by atoms with Crippen molar-refractivity contribution < 1.29 is 9.88 Å². The molecule has 0 saturated carbocycles. The van der Waals surface area contributed by atoms with E-state index in [0.29, 0.717) is 5.92 Å². The maximum absolute atomic E-state index is 4.39. The summed E-state index contributed by atoms with van der Waals surface area (Å²) in [7, 11) is 1.47. The molecule has 0 unspecified atom stereocenters. The monoisotopic (exact) mass is 119 g/mol. The van der Waals surface area contributed by atoms with Crippen molar-refractivity contribution in [3.63, 3.8) is 0 Å². The van der Waals surface area contributed by atoms with Crippen molar-refractivity contribution >= 4 is 0 Å². The molecule has 0 aliphatic heterocycles. The van der Waals surface area contributed by atoms with Crippen LogP contribution < -0.4 is 5.48 Å². The van der Waals surface area contributed by atoms with Crippen molar-refractivity contribution in [3.05, 3.63) is 0 Å². The van der Waals surface area contributed by atoms with Crippen LogP contribution in [0.2, 0.25) is 0 Å². The molecule has 0 aromatic rings. The fourth-order valence-corrected chi connectivity index (χ4v) is 0.260. The zero-order valence-corrected chi connectivity index (χ0v) is 5.60. The SMILES string of the molecule is COONCC(C)C. The molecule has 3 nitrogen and oxygen atoms in total. The number of hydroxylamine groups is 1. The summed E-state index contributed by atoms with van der Waals surface area (Å²) in [6.07, 6.45) is 0. The topological polar surface area (TPSA) is 30.5 Å². The Morgan fingerprint density at radius 2 is 2.12 bits per heavy atom. The van der Waals surface area contributed by atoms with E-state index < -0.39 is 0 Å². The number of nitrogens with one attached hydrogen (secondary N) is 1. The highest BCUT2D eigenvalue weighted by molar-refractivity contribution is 4.40. The lowest BCUT2D eigenvalue weighted by molar-refractivity contribution is -0.318. The van der Waals surface area contributed by atoms with Crippen LogP contribution in [-0.2, 0) is 9.88 Å². The molecule has 8 heavy (non-hydrogen) atoms. The van der Waals surface area contributed by atoms with Crippen molar-refractivity contribution in [1.29, 1.82) is 0 Å². The molecular formula is C5H13NO2. The number of hydrogen-bond acceptors (Lipinski definition) is 3. The van der Waals surface area contributed by atoms with Crippen LogP contribution in [0.4, 0.5) is 0 Å². The average molecular weight is 119 g/mol. The van der Waals surface area contributed by atoms with Gasteiger partial charge < -0.3 is 0 Å². The third kappa shape index (κ3) is 5.88. The normalized spacial score (nSPS) is 10.5. The van der Waals surface area contributed by atoms with E-state index in [9.17, 15) is 0 Å². The lowest BCUT2D eigenvalue weighted by Gasteiger charge is -2.03. The van der Waals surface area contributed by atoms with Crippen LogP contribution >= 0.6 is 0 Å². The van der Waals surface area contributed by atoms with Crippen LogP contribution in [0.15, 0.2) is 0 Å². The first kappa shape index (κ1) is 7.88. The van der Waals surface area contributed by atoms with Gasteiger partial charge in [-0.2, -0.15) is 5.48 Å². The van der Waals surface area contributed by atoms with Gasteiger partial charge in [0.05, 0.1) is 7.11 Å². The molecule has 3 heteroatoms. The summed E-state index contributed by atoms with van der Waals surface area (Å²) in [6.45, 7) is 4.99. The molecule has 0 amide bonds. The Kier molecular flexibility index (Phi) is 4.95. The van der Waals surface area contributed by atoms with E-state index in [0.717, 1.165) is 6.54 Å². The van der Waals surface area contributed by atoms with Crippen LogP contribution in [0.1, 0.15) is 13.8 Å². The van der Waals surface area contributed by atoms with Crippen LogP contribution in [0, 0.1) is 5.92 Å². The Morgan fingerprint density at radius 1 is 1.50 bits per heavy atom. The van der Waals surface area contributed by atoms with Gasteiger partial charge in [0, 0.05) is 6.54 Å². The predicted octanol–water partition coefficient (Wildman–Crippen LogP) is 0.725. The minimum Gasteiger partial charge on any atom is -0.221 e. The fourth-order valence-electron chi connectivity index (χ4n) is 0.260. The summed E-state index contributed by atoms with van der Waals surface area (Å²) in [5.74, 6) is 0.588. The fraction of sp³-hybridized carbons (Fsp3) is 1.00. The Bertz CT molecular complexity index is 47.7. The summed E-state index contributed by atoms with van der Waals surface area (Å²) in [5, 5.41) is 0. The van der Waals surface area contributed by atoms with Crippen molar-refractivity contribution in [2.45, 2.75) is 13.8 Å². The van der Waals surface area contributed by atoms with E-state index in [1.807, 2.05) is 0 Å². The van der Waals surface area contributed by atoms with Gasteiger partial charge in [0.15, 0.2) is 0 Å². The Hall–Kier alpha value is -0.120. The summed E-state index contributed by atoms with van der Waals surface area (Å²) in [4.78, 5) is 8.68. The van der Waals surface area contributed by atoms with Crippen molar-refractivity contribution in [3.8, 4) is 0 Å². The molecule has 0 aromatic carbocycles. The lowest BCUT2D eigenvalue weighted by Crippen LogP contribution is -2.19.